The van der Waals surface area contributed by atoms with Crippen molar-refractivity contribution >= 4 is 28.9 Å². The number of rotatable bonds is 6. The van der Waals surface area contributed by atoms with Gasteiger partial charge in [0.25, 0.3) is 11.6 Å². The standard InChI is InChI=1S/C13H14ClN5O4/c1-7(16-13(20)12-8(2)17-23-18-12)6-15-11-4-3-9(19(21)22)5-10(11)14/h3-5,7,15H,6H2,1-2H3,(H,16,20)/t7-/m0/s1. The Morgan fingerprint density at radius 2 is 2.22 bits per heavy atom. The summed E-state index contributed by atoms with van der Waals surface area (Å²) in [5.41, 5.74) is 0.986. The van der Waals surface area contributed by atoms with E-state index in [0.717, 1.165) is 0 Å². The fraction of sp³-hybridized carbons (Fsp3) is 0.308. The third kappa shape index (κ3) is 4.16. The Hall–Kier alpha value is -2.68. The predicted molar refractivity (Wildman–Crippen MR) is 82.6 cm³/mol. The highest BCUT2D eigenvalue weighted by atomic mass is 35.5. The molecule has 0 aliphatic carbocycles. The molecule has 0 spiro atoms. The summed E-state index contributed by atoms with van der Waals surface area (Å²) in [6.45, 7) is 3.77. The number of non-ortho nitro benzene ring substituents is 1. The molecule has 10 heteroatoms. The maximum atomic E-state index is 11.9. The van der Waals surface area contributed by atoms with Gasteiger partial charge in [-0.2, -0.15) is 0 Å². The van der Waals surface area contributed by atoms with E-state index in [1.165, 1.54) is 18.2 Å². The molecule has 1 aromatic heterocycles. The molecule has 2 N–H and O–H groups in total. The second-order valence-corrected chi connectivity index (χ2v) is 5.28. The molecule has 9 nitrogen and oxygen atoms in total. The van der Waals surface area contributed by atoms with Gasteiger partial charge in [-0.1, -0.05) is 16.8 Å². The van der Waals surface area contributed by atoms with E-state index in [9.17, 15) is 14.9 Å². The highest BCUT2D eigenvalue weighted by Gasteiger charge is 2.17. The van der Waals surface area contributed by atoms with Gasteiger partial charge in [-0.15, -0.1) is 0 Å². The molecule has 0 fully saturated rings. The largest absolute Gasteiger partial charge is 0.382 e. The van der Waals surface area contributed by atoms with Crippen molar-refractivity contribution in [1.29, 1.82) is 0 Å². The van der Waals surface area contributed by atoms with Crippen molar-refractivity contribution in [2.45, 2.75) is 19.9 Å². The number of benzene rings is 1. The number of hydrogen-bond acceptors (Lipinski definition) is 7. The minimum atomic E-state index is -0.521. The molecular weight excluding hydrogens is 326 g/mol. The van der Waals surface area contributed by atoms with Crippen LogP contribution in [-0.4, -0.2) is 33.7 Å². The third-order valence-corrected chi connectivity index (χ3v) is 3.32. The average Bonchev–Trinajstić information content (AvgIpc) is 2.92. The van der Waals surface area contributed by atoms with Crippen LogP contribution in [0, 0.1) is 17.0 Å². The lowest BCUT2D eigenvalue weighted by atomic mass is 10.2. The second kappa shape index (κ2) is 7.05. The predicted octanol–water partition coefficient (Wildman–Crippen LogP) is 2.17. The van der Waals surface area contributed by atoms with E-state index in [0.29, 0.717) is 17.9 Å². The molecule has 0 saturated heterocycles. The number of amides is 1. The molecule has 0 unspecified atom stereocenters. The van der Waals surface area contributed by atoms with E-state index >= 15 is 0 Å². The van der Waals surface area contributed by atoms with Crippen LogP contribution in [0.25, 0.3) is 0 Å². The van der Waals surface area contributed by atoms with Gasteiger partial charge in [0.1, 0.15) is 5.69 Å². The molecule has 0 radical (unpaired) electrons. The van der Waals surface area contributed by atoms with Crippen molar-refractivity contribution in [3.8, 4) is 0 Å². The summed E-state index contributed by atoms with van der Waals surface area (Å²) in [7, 11) is 0. The zero-order valence-electron chi connectivity index (χ0n) is 12.4. The quantitative estimate of drug-likeness (QED) is 0.610. The average molecular weight is 340 g/mol. The number of nitrogens with one attached hydrogen (secondary N) is 2. The number of carbonyl (C=O) groups is 1. The van der Waals surface area contributed by atoms with Crippen molar-refractivity contribution in [1.82, 2.24) is 15.6 Å². The second-order valence-electron chi connectivity index (χ2n) is 4.87. The molecule has 0 aliphatic heterocycles. The van der Waals surface area contributed by atoms with Gasteiger partial charge in [0, 0.05) is 24.7 Å². The van der Waals surface area contributed by atoms with Crippen LogP contribution in [0.2, 0.25) is 5.02 Å². The van der Waals surface area contributed by atoms with E-state index in [-0.39, 0.29) is 22.4 Å². The Kier molecular flexibility index (Phi) is 5.12. The van der Waals surface area contributed by atoms with E-state index in [1.807, 2.05) is 0 Å². The van der Waals surface area contributed by atoms with Crippen LogP contribution in [0.5, 0.6) is 0 Å². The Morgan fingerprint density at radius 1 is 1.48 bits per heavy atom. The fourth-order valence-electron chi connectivity index (χ4n) is 1.80. The van der Waals surface area contributed by atoms with E-state index in [1.54, 1.807) is 13.8 Å². The first-order valence-electron chi connectivity index (χ1n) is 6.66. The van der Waals surface area contributed by atoms with Gasteiger partial charge in [-0.05, 0) is 25.1 Å². The first-order chi connectivity index (χ1) is 10.9. The monoisotopic (exact) mass is 339 g/mol. The lowest BCUT2D eigenvalue weighted by molar-refractivity contribution is -0.384. The molecular formula is C13H14ClN5O4. The normalized spacial score (nSPS) is 11.8. The van der Waals surface area contributed by atoms with Crippen LogP contribution in [0.3, 0.4) is 0 Å². The molecule has 2 rings (SSSR count). The smallest absolute Gasteiger partial charge is 0.275 e. The number of anilines is 1. The van der Waals surface area contributed by atoms with Crippen molar-refractivity contribution in [3.63, 3.8) is 0 Å². The number of carbonyl (C=O) groups excluding carboxylic acids is 1. The van der Waals surface area contributed by atoms with Crippen molar-refractivity contribution in [2.75, 3.05) is 11.9 Å². The topological polar surface area (TPSA) is 123 Å². The first-order valence-corrected chi connectivity index (χ1v) is 7.04. The highest BCUT2D eigenvalue weighted by Crippen LogP contribution is 2.26. The molecule has 1 heterocycles. The number of hydrogen-bond donors (Lipinski definition) is 2. The Labute approximate surface area is 136 Å². The Morgan fingerprint density at radius 3 is 2.78 bits per heavy atom. The summed E-state index contributed by atoms with van der Waals surface area (Å²) in [4.78, 5) is 22.1. The van der Waals surface area contributed by atoms with Gasteiger partial charge in [0.2, 0.25) is 0 Å². The van der Waals surface area contributed by atoms with E-state index in [2.05, 4.69) is 25.6 Å². The van der Waals surface area contributed by atoms with E-state index in [4.69, 9.17) is 11.6 Å². The summed E-state index contributed by atoms with van der Waals surface area (Å²) in [5.74, 6) is -0.396. The lowest BCUT2D eigenvalue weighted by Crippen LogP contribution is -2.37. The minimum Gasteiger partial charge on any atom is -0.382 e. The molecule has 1 atom stereocenters. The number of aryl methyl sites for hydroxylation is 1. The molecule has 1 amide bonds. The molecule has 23 heavy (non-hydrogen) atoms. The third-order valence-electron chi connectivity index (χ3n) is 3.01. The van der Waals surface area contributed by atoms with Crippen LogP contribution in [-0.2, 0) is 0 Å². The zero-order valence-corrected chi connectivity index (χ0v) is 13.1. The van der Waals surface area contributed by atoms with Crippen LogP contribution >= 0.6 is 11.6 Å². The maximum absolute atomic E-state index is 11.9. The van der Waals surface area contributed by atoms with Gasteiger partial charge < -0.3 is 10.6 Å². The van der Waals surface area contributed by atoms with Crippen LogP contribution in [0.1, 0.15) is 23.1 Å². The minimum absolute atomic E-state index is 0.0871. The zero-order chi connectivity index (χ0) is 17.0. The maximum Gasteiger partial charge on any atom is 0.275 e. The lowest BCUT2D eigenvalue weighted by Gasteiger charge is -2.15. The number of nitro groups is 1. The van der Waals surface area contributed by atoms with Crippen molar-refractivity contribution < 1.29 is 14.3 Å². The molecule has 122 valence electrons. The number of aromatic nitrogens is 2. The van der Waals surface area contributed by atoms with Gasteiger partial charge in [0.15, 0.2) is 5.69 Å². The van der Waals surface area contributed by atoms with Crippen LogP contribution in [0.4, 0.5) is 11.4 Å². The van der Waals surface area contributed by atoms with Gasteiger partial charge in [0.05, 0.1) is 15.6 Å². The van der Waals surface area contributed by atoms with Gasteiger partial charge in [-0.3, -0.25) is 14.9 Å². The molecule has 0 aliphatic rings. The summed E-state index contributed by atoms with van der Waals surface area (Å²) in [6.07, 6.45) is 0. The summed E-state index contributed by atoms with van der Waals surface area (Å²) < 4.78 is 4.47. The van der Waals surface area contributed by atoms with Crippen LogP contribution in [0.15, 0.2) is 22.8 Å². The molecule has 0 bridgehead atoms. The van der Waals surface area contributed by atoms with Gasteiger partial charge >= 0.3 is 0 Å². The number of nitrogens with zero attached hydrogens (tertiary/aromatic N) is 3. The summed E-state index contributed by atoms with van der Waals surface area (Å²) in [5, 5.41) is 23.7. The summed E-state index contributed by atoms with van der Waals surface area (Å²) in [6, 6.07) is 3.88. The van der Waals surface area contributed by atoms with Gasteiger partial charge in [-0.25, -0.2) is 4.63 Å². The highest BCUT2D eigenvalue weighted by molar-refractivity contribution is 6.33. The number of nitro benzene ring substituents is 1. The van der Waals surface area contributed by atoms with E-state index < -0.39 is 10.8 Å². The SMILES string of the molecule is Cc1nonc1C(=O)N[C@@H](C)CNc1ccc([N+](=O)[O-])cc1Cl. The van der Waals surface area contributed by atoms with Crippen molar-refractivity contribution in [3.05, 3.63) is 44.7 Å². The fourth-order valence-corrected chi connectivity index (χ4v) is 2.05. The Bertz CT molecular complexity index is 733. The Balaban J connectivity index is 1.92. The first kappa shape index (κ1) is 16.7. The van der Waals surface area contributed by atoms with Crippen LogP contribution < -0.4 is 10.6 Å². The molecule has 2 aromatic rings. The molecule has 0 saturated carbocycles. The number of halogens is 1. The summed E-state index contributed by atoms with van der Waals surface area (Å²) >= 11 is 5.98. The molecule has 1 aromatic carbocycles. The van der Waals surface area contributed by atoms with Crippen molar-refractivity contribution in [2.24, 2.45) is 0 Å².